The Bertz CT molecular complexity index is 1180. The molecule has 1 N–H and O–H groups in total. The summed E-state index contributed by atoms with van der Waals surface area (Å²) in [4.78, 5) is 29.9. The zero-order valence-electron chi connectivity index (χ0n) is 18.3. The van der Waals surface area contributed by atoms with Gasteiger partial charge >= 0.3 is 0 Å². The van der Waals surface area contributed by atoms with Crippen molar-refractivity contribution >= 4 is 69.3 Å². The van der Waals surface area contributed by atoms with Crippen LogP contribution in [0.25, 0.3) is 0 Å². The van der Waals surface area contributed by atoms with Gasteiger partial charge in [-0.25, -0.2) is 0 Å². The Kier molecular flexibility index (Phi) is 7.88. The van der Waals surface area contributed by atoms with Gasteiger partial charge in [-0.15, -0.1) is 11.3 Å². The molecule has 10 heteroatoms. The summed E-state index contributed by atoms with van der Waals surface area (Å²) in [5.74, 6) is 0.101. The van der Waals surface area contributed by atoms with Crippen LogP contribution in [0.4, 0.5) is 11.4 Å². The first-order valence-corrected chi connectivity index (χ1v) is 12.6. The van der Waals surface area contributed by atoms with Crippen molar-refractivity contribution < 1.29 is 14.3 Å². The van der Waals surface area contributed by atoms with Gasteiger partial charge in [0.05, 0.1) is 20.6 Å². The lowest BCUT2D eigenvalue weighted by Crippen LogP contribution is -2.48. The summed E-state index contributed by atoms with van der Waals surface area (Å²) >= 11 is 20.0. The maximum Gasteiger partial charge on any atom is 0.265 e. The van der Waals surface area contributed by atoms with Crippen molar-refractivity contribution in [3.05, 3.63) is 73.9 Å². The van der Waals surface area contributed by atoms with Crippen molar-refractivity contribution in [2.24, 2.45) is 0 Å². The van der Waals surface area contributed by atoms with Crippen LogP contribution in [0.5, 0.6) is 5.75 Å². The molecule has 1 unspecified atom stereocenters. The Hall–Kier alpha value is -2.45. The second kappa shape index (κ2) is 10.9. The molecule has 1 aliphatic heterocycles. The highest BCUT2D eigenvalue weighted by molar-refractivity contribution is 7.12. The number of ether oxygens (including phenoxy) is 1. The molecule has 0 radical (unpaired) electrons. The van der Waals surface area contributed by atoms with Crippen molar-refractivity contribution in [2.75, 3.05) is 36.4 Å². The molecule has 2 amide bonds. The maximum atomic E-state index is 12.6. The minimum Gasteiger partial charge on any atom is -0.479 e. The van der Waals surface area contributed by atoms with E-state index < -0.39 is 6.10 Å². The lowest BCUT2D eigenvalue weighted by Gasteiger charge is -2.36. The number of nitrogens with one attached hydrogen (secondary N) is 1. The van der Waals surface area contributed by atoms with Gasteiger partial charge in [0, 0.05) is 36.9 Å². The van der Waals surface area contributed by atoms with E-state index in [0.717, 1.165) is 10.6 Å². The lowest BCUT2D eigenvalue weighted by molar-refractivity contribution is -0.122. The van der Waals surface area contributed by atoms with Crippen LogP contribution in [0, 0.1) is 0 Å². The smallest absolute Gasteiger partial charge is 0.265 e. The summed E-state index contributed by atoms with van der Waals surface area (Å²) in [6.07, 6.45) is -0.786. The number of nitrogens with zero attached hydrogens (tertiary/aromatic N) is 2. The molecule has 2 aromatic carbocycles. The lowest BCUT2D eigenvalue weighted by atomic mass is 10.2. The van der Waals surface area contributed by atoms with E-state index in [0.29, 0.717) is 52.7 Å². The van der Waals surface area contributed by atoms with E-state index in [-0.39, 0.29) is 11.8 Å². The van der Waals surface area contributed by atoms with Crippen molar-refractivity contribution in [1.29, 1.82) is 0 Å². The third kappa shape index (κ3) is 5.78. The van der Waals surface area contributed by atoms with E-state index in [2.05, 4.69) is 10.2 Å². The average Bonchev–Trinajstić information content (AvgIpc) is 3.36. The molecule has 1 aromatic heterocycles. The predicted molar refractivity (Wildman–Crippen MR) is 139 cm³/mol. The molecule has 4 rings (SSSR count). The molecular weight excluding hydrogens is 517 g/mol. The normalized spacial score (nSPS) is 14.6. The largest absolute Gasteiger partial charge is 0.479 e. The number of hydrogen-bond donors (Lipinski definition) is 1. The van der Waals surface area contributed by atoms with Gasteiger partial charge < -0.3 is 19.9 Å². The molecule has 0 saturated carbocycles. The minimum absolute atomic E-state index is 0.0648. The molecule has 0 bridgehead atoms. The van der Waals surface area contributed by atoms with Crippen LogP contribution < -0.4 is 15.0 Å². The SMILES string of the molecule is CC(Oc1ccc(Cl)cc1Cl)C(=O)Nc1ccc(N2CCN(C(=O)c3cccs3)CC2)c(Cl)c1. The Morgan fingerprint density at radius 3 is 2.41 bits per heavy atom. The topological polar surface area (TPSA) is 61.9 Å². The van der Waals surface area contributed by atoms with Gasteiger partial charge in [-0.3, -0.25) is 9.59 Å². The summed E-state index contributed by atoms with van der Waals surface area (Å²) in [5.41, 5.74) is 1.42. The fraction of sp³-hybridized carbons (Fsp3) is 0.250. The number of carbonyl (C=O) groups excluding carboxylic acids is 2. The van der Waals surface area contributed by atoms with Gasteiger partial charge in [0.15, 0.2) is 6.10 Å². The van der Waals surface area contributed by atoms with E-state index in [4.69, 9.17) is 39.5 Å². The van der Waals surface area contributed by atoms with Gasteiger partial charge in [0.25, 0.3) is 11.8 Å². The quantitative estimate of drug-likeness (QED) is 0.413. The minimum atomic E-state index is -0.786. The Morgan fingerprint density at radius 1 is 1.00 bits per heavy atom. The number of halogens is 3. The van der Waals surface area contributed by atoms with Crippen LogP contribution in [-0.2, 0) is 4.79 Å². The summed E-state index contributed by atoms with van der Waals surface area (Å²) in [7, 11) is 0. The van der Waals surface area contributed by atoms with Crippen LogP contribution in [-0.4, -0.2) is 49.0 Å². The zero-order chi connectivity index (χ0) is 24.2. The molecule has 6 nitrogen and oxygen atoms in total. The molecule has 1 fully saturated rings. The summed E-state index contributed by atoms with van der Waals surface area (Å²) in [6, 6.07) is 13.9. The molecule has 0 spiro atoms. The highest BCUT2D eigenvalue weighted by atomic mass is 35.5. The van der Waals surface area contributed by atoms with Crippen LogP contribution in [0.2, 0.25) is 15.1 Å². The Labute approximate surface area is 217 Å². The molecule has 1 atom stereocenters. The zero-order valence-corrected chi connectivity index (χ0v) is 21.3. The molecule has 1 aliphatic rings. The van der Waals surface area contributed by atoms with Gasteiger partial charge in [0.2, 0.25) is 0 Å². The highest BCUT2D eigenvalue weighted by Crippen LogP contribution is 2.31. The van der Waals surface area contributed by atoms with Crippen molar-refractivity contribution in [3.63, 3.8) is 0 Å². The summed E-state index contributed by atoms with van der Waals surface area (Å²) in [5, 5.41) is 6.05. The van der Waals surface area contributed by atoms with Crippen molar-refractivity contribution in [2.45, 2.75) is 13.0 Å². The fourth-order valence-electron chi connectivity index (χ4n) is 3.61. The number of hydrogen-bond acceptors (Lipinski definition) is 5. The van der Waals surface area contributed by atoms with Gasteiger partial charge in [-0.2, -0.15) is 0 Å². The van der Waals surface area contributed by atoms with Crippen LogP contribution in [0.1, 0.15) is 16.6 Å². The van der Waals surface area contributed by atoms with Gasteiger partial charge in [-0.1, -0.05) is 40.9 Å². The van der Waals surface area contributed by atoms with Gasteiger partial charge in [-0.05, 0) is 54.8 Å². The standard InChI is InChI=1S/C24H22Cl3N3O3S/c1-15(33-21-7-4-16(25)13-19(21)27)23(31)28-17-5-6-20(18(26)14-17)29-8-10-30(11-9-29)24(32)22-3-2-12-34-22/h2-7,12-15H,8-11H2,1H3,(H,28,31). The maximum absolute atomic E-state index is 12.6. The Morgan fingerprint density at radius 2 is 1.76 bits per heavy atom. The van der Waals surface area contributed by atoms with E-state index in [1.807, 2.05) is 28.5 Å². The molecule has 2 heterocycles. The van der Waals surface area contributed by atoms with Gasteiger partial charge in [0.1, 0.15) is 5.75 Å². The molecule has 34 heavy (non-hydrogen) atoms. The Balaban J connectivity index is 1.34. The summed E-state index contributed by atoms with van der Waals surface area (Å²) < 4.78 is 5.66. The van der Waals surface area contributed by atoms with Crippen LogP contribution >= 0.6 is 46.1 Å². The summed E-state index contributed by atoms with van der Waals surface area (Å²) in [6.45, 7) is 4.22. The number of amides is 2. The van der Waals surface area contributed by atoms with Crippen LogP contribution in [0.15, 0.2) is 53.9 Å². The number of piperazine rings is 1. The highest BCUT2D eigenvalue weighted by Gasteiger charge is 2.24. The molecule has 3 aromatic rings. The predicted octanol–water partition coefficient (Wildman–Crippen LogP) is 6.08. The van der Waals surface area contributed by atoms with E-state index in [1.54, 1.807) is 37.3 Å². The van der Waals surface area contributed by atoms with Crippen molar-refractivity contribution in [3.8, 4) is 5.75 Å². The second-order valence-corrected chi connectivity index (χ2v) is 9.95. The van der Waals surface area contributed by atoms with E-state index in [1.165, 1.54) is 11.3 Å². The molecule has 1 saturated heterocycles. The second-order valence-electron chi connectivity index (χ2n) is 7.75. The van der Waals surface area contributed by atoms with E-state index in [9.17, 15) is 9.59 Å². The monoisotopic (exact) mass is 537 g/mol. The number of carbonyl (C=O) groups is 2. The van der Waals surface area contributed by atoms with Crippen molar-refractivity contribution in [1.82, 2.24) is 4.90 Å². The number of benzene rings is 2. The average molecular weight is 539 g/mol. The first kappa shape index (κ1) is 24.7. The third-order valence-electron chi connectivity index (χ3n) is 5.42. The third-order valence-corrected chi connectivity index (χ3v) is 7.11. The first-order valence-electron chi connectivity index (χ1n) is 10.6. The molecule has 0 aliphatic carbocycles. The number of anilines is 2. The number of thiophene rings is 1. The fourth-order valence-corrected chi connectivity index (χ4v) is 5.05. The first-order chi connectivity index (χ1) is 16.3. The molecule has 178 valence electrons. The van der Waals surface area contributed by atoms with Crippen LogP contribution in [0.3, 0.4) is 0 Å². The number of rotatable bonds is 6. The van der Waals surface area contributed by atoms with E-state index >= 15 is 0 Å². The molecular formula is C24H22Cl3N3O3S.